The van der Waals surface area contributed by atoms with Gasteiger partial charge in [-0.1, -0.05) is 11.6 Å². The molecule has 0 spiro atoms. The highest BCUT2D eigenvalue weighted by Crippen LogP contribution is 2.25. The van der Waals surface area contributed by atoms with Crippen molar-refractivity contribution >= 4 is 33.2 Å². The van der Waals surface area contributed by atoms with Gasteiger partial charge in [-0.25, -0.2) is 12.8 Å². The largest absolute Gasteiger partial charge is 0.365 e. The Hall–Kier alpha value is -1.34. The topological polar surface area (TPSA) is 89.3 Å². The maximum atomic E-state index is 13.7. The second kappa shape index (κ2) is 4.89. The molecule has 0 fully saturated rings. The van der Waals surface area contributed by atoms with E-state index >= 15 is 0 Å². The Balaban J connectivity index is 3.30. The predicted octanol–water partition coefficient (Wildman–Crippen LogP) is 1.34. The Morgan fingerprint density at radius 3 is 2.59 bits per heavy atom. The van der Waals surface area contributed by atoms with Crippen LogP contribution in [0.15, 0.2) is 12.1 Å². The lowest BCUT2D eigenvalue weighted by molar-refractivity contribution is 0.0996. The van der Waals surface area contributed by atoms with Crippen molar-refractivity contribution in [1.29, 1.82) is 0 Å². The molecule has 0 aliphatic carbocycles. The average molecular weight is 281 g/mol. The van der Waals surface area contributed by atoms with Crippen LogP contribution >= 0.6 is 11.6 Å². The molecule has 0 saturated heterocycles. The quantitative estimate of drug-likeness (QED) is 0.872. The van der Waals surface area contributed by atoms with Gasteiger partial charge in [0.25, 0.3) is 5.91 Å². The van der Waals surface area contributed by atoms with Crippen LogP contribution < -0.4 is 10.5 Å². The van der Waals surface area contributed by atoms with Crippen molar-refractivity contribution in [3.8, 4) is 0 Å². The number of primary amides is 1. The van der Waals surface area contributed by atoms with Crippen LogP contribution in [-0.4, -0.2) is 20.1 Å². The predicted molar refractivity (Wildman–Crippen MR) is 63.0 cm³/mol. The van der Waals surface area contributed by atoms with Crippen LogP contribution in [0.3, 0.4) is 0 Å². The smallest absolute Gasteiger partial charge is 0.253 e. The average Bonchev–Trinajstić information content (AvgIpc) is 2.22. The maximum absolute atomic E-state index is 13.7. The van der Waals surface area contributed by atoms with Gasteiger partial charge in [0, 0.05) is 0 Å². The number of carbonyl (C=O) groups is 1. The van der Waals surface area contributed by atoms with Gasteiger partial charge in [-0.05, 0) is 19.1 Å². The van der Waals surface area contributed by atoms with E-state index < -0.39 is 27.3 Å². The maximum Gasteiger partial charge on any atom is 0.253 e. The van der Waals surface area contributed by atoms with Crippen molar-refractivity contribution in [3.05, 3.63) is 28.5 Å². The molecule has 1 rings (SSSR count). The fraction of sp³-hybridized carbons (Fsp3) is 0.222. The zero-order valence-electron chi connectivity index (χ0n) is 8.83. The van der Waals surface area contributed by atoms with Crippen molar-refractivity contribution in [2.24, 2.45) is 5.73 Å². The summed E-state index contributed by atoms with van der Waals surface area (Å²) in [4.78, 5) is 11.0. The number of hydrogen-bond donors (Lipinski definition) is 2. The molecule has 1 aromatic carbocycles. The molecule has 1 aromatic rings. The molecule has 0 heterocycles. The molecule has 8 heteroatoms. The lowest BCUT2D eigenvalue weighted by atomic mass is 10.2. The summed E-state index contributed by atoms with van der Waals surface area (Å²) in [5, 5.41) is -0.172. The zero-order valence-corrected chi connectivity index (χ0v) is 10.4. The summed E-state index contributed by atoms with van der Waals surface area (Å²) in [6, 6.07) is 2.32. The molecular formula is C9H10ClFN2O3S. The number of nitrogens with one attached hydrogen (secondary N) is 1. The normalized spacial score (nSPS) is 11.2. The monoisotopic (exact) mass is 280 g/mol. The van der Waals surface area contributed by atoms with Gasteiger partial charge < -0.3 is 5.73 Å². The molecule has 0 aliphatic rings. The molecule has 0 unspecified atom stereocenters. The number of amides is 1. The number of anilines is 1. The molecule has 0 atom stereocenters. The third-order valence-electron chi connectivity index (χ3n) is 1.98. The number of carbonyl (C=O) groups excluding carboxylic acids is 1. The highest BCUT2D eigenvalue weighted by atomic mass is 35.5. The molecule has 3 N–H and O–H groups in total. The van der Waals surface area contributed by atoms with Crippen LogP contribution in [0.25, 0.3) is 0 Å². The molecule has 17 heavy (non-hydrogen) atoms. The number of rotatable bonds is 4. The molecule has 1 amide bonds. The van der Waals surface area contributed by atoms with E-state index in [1.165, 1.54) is 13.0 Å². The lowest BCUT2D eigenvalue weighted by Crippen LogP contribution is -2.19. The van der Waals surface area contributed by atoms with Gasteiger partial charge in [-0.3, -0.25) is 9.52 Å². The van der Waals surface area contributed by atoms with Gasteiger partial charge >= 0.3 is 0 Å². The number of halogens is 2. The molecule has 0 aliphatic heterocycles. The Bertz CT molecular complexity index is 560. The van der Waals surface area contributed by atoms with Crippen molar-refractivity contribution < 1.29 is 17.6 Å². The summed E-state index contributed by atoms with van der Waals surface area (Å²) in [7, 11) is -3.64. The standard InChI is InChI=1S/C9H10ClFN2O3S/c1-2-17(15,16)13-6-4-3-5(10)7(8(6)11)9(12)14/h3-4,13H,2H2,1H3,(H2,12,14). The molecule has 94 valence electrons. The SMILES string of the molecule is CCS(=O)(=O)Nc1ccc(Cl)c(C(N)=O)c1F. The van der Waals surface area contributed by atoms with Crippen LogP contribution in [0.2, 0.25) is 5.02 Å². The van der Waals surface area contributed by atoms with E-state index in [0.29, 0.717) is 0 Å². The van der Waals surface area contributed by atoms with Crippen LogP contribution in [-0.2, 0) is 10.0 Å². The first-order chi connectivity index (χ1) is 7.78. The molecule has 0 bridgehead atoms. The van der Waals surface area contributed by atoms with Gasteiger partial charge in [-0.15, -0.1) is 0 Å². The van der Waals surface area contributed by atoms with E-state index in [0.717, 1.165) is 6.07 Å². The summed E-state index contributed by atoms with van der Waals surface area (Å²) in [6.07, 6.45) is 0. The third-order valence-corrected chi connectivity index (χ3v) is 3.59. The number of sulfonamides is 1. The minimum atomic E-state index is -3.64. The van der Waals surface area contributed by atoms with Crippen molar-refractivity contribution in [1.82, 2.24) is 0 Å². The van der Waals surface area contributed by atoms with Crippen LogP contribution in [0.4, 0.5) is 10.1 Å². The second-order valence-corrected chi connectivity index (χ2v) is 5.57. The fourth-order valence-electron chi connectivity index (χ4n) is 1.10. The van der Waals surface area contributed by atoms with Crippen LogP contribution in [0, 0.1) is 5.82 Å². The molecule has 0 radical (unpaired) electrons. The van der Waals surface area contributed by atoms with Gasteiger partial charge in [0.2, 0.25) is 10.0 Å². The lowest BCUT2D eigenvalue weighted by Gasteiger charge is -2.10. The first kappa shape index (κ1) is 13.7. The van der Waals surface area contributed by atoms with Gasteiger partial charge in [0.05, 0.1) is 22.0 Å². The van der Waals surface area contributed by atoms with E-state index in [-0.39, 0.29) is 16.5 Å². The fourth-order valence-corrected chi connectivity index (χ4v) is 1.97. The Morgan fingerprint density at radius 1 is 1.53 bits per heavy atom. The number of nitrogens with two attached hydrogens (primary N) is 1. The van der Waals surface area contributed by atoms with E-state index in [1.807, 2.05) is 4.72 Å². The number of benzene rings is 1. The summed E-state index contributed by atoms with van der Waals surface area (Å²) < 4.78 is 38.2. The minimum Gasteiger partial charge on any atom is -0.365 e. The molecular weight excluding hydrogens is 271 g/mol. The minimum absolute atomic E-state index is 0.172. The van der Waals surface area contributed by atoms with Crippen LogP contribution in [0.1, 0.15) is 17.3 Å². The van der Waals surface area contributed by atoms with Crippen LogP contribution in [0.5, 0.6) is 0 Å². The molecule has 5 nitrogen and oxygen atoms in total. The zero-order chi connectivity index (χ0) is 13.2. The summed E-state index contributed by atoms with van der Waals surface area (Å²) >= 11 is 5.58. The first-order valence-electron chi connectivity index (χ1n) is 4.56. The van der Waals surface area contributed by atoms with Crippen molar-refractivity contribution in [2.45, 2.75) is 6.92 Å². The highest BCUT2D eigenvalue weighted by molar-refractivity contribution is 7.92. The van der Waals surface area contributed by atoms with Crippen molar-refractivity contribution in [3.63, 3.8) is 0 Å². The summed E-state index contributed by atoms with van der Waals surface area (Å²) in [5.74, 6) is -2.37. The third kappa shape index (κ3) is 3.07. The molecule has 0 saturated carbocycles. The van der Waals surface area contributed by atoms with E-state index in [4.69, 9.17) is 17.3 Å². The van der Waals surface area contributed by atoms with E-state index in [2.05, 4.69) is 0 Å². The molecule has 0 aromatic heterocycles. The Morgan fingerprint density at radius 2 is 2.12 bits per heavy atom. The highest BCUT2D eigenvalue weighted by Gasteiger charge is 2.19. The van der Waals surface area contributed by atoms with E-state index in [1.54, 1.807) is 0 Å². The second-order valence-electron chi connectivity index (χ2n) is 3.15. The van der Waals surface area contributed by atoms with Crippen molar-refractivity contribution in [2.75, 3.05) is 10.5 Å². The Labute approximate surface area is 103 Å². The van der Waals surface area contributed by atoms with E-state index in [9.17, 15) is 17.6 Å². The number of hydrogen-bond acceptors (Lipinski definition) is 3. The van der Waals surface area contributed by atoms with Gasteiger partial charge in [0.1, 0.15) is 0 Å². The van der Waals surface area contributed by atoms with Gasteiger partial charge in [0.15, 0.2) is 5.82 Å². The Kier molecular flexibility index (Phi) is 3.94. The first-order valence-corrected chi connectivity index (χ1v) is 6.59. The summed E-state index contributed by atoms with van der Waals surface area (Å²) in [6.45, 7) is 1.39. The summed E-state index contributed by atoms with van der Waals surface area (Å²) in [5.41, 5.74) is 4.04. The van der Waals surface area contributed by atoms with Gasteiger partial charge in [-0.2, -0.15) is 0 Å².